The highest BCUT2D eigenvalue weighted by atomic mass is 16.1. The molecule has 2 N–H and O–H groups in total. The smallest absolute Gasteiger partial charge is 0.227 e. The molecule has 4 aromatic heterocycles. The fourth-order valence-electron chi connectivity index (χ4n) is 5.99. The van der Waals surface area contributed by atoms with Crippen LogP contribution in [0.4, 0.5) is 5.69 Å². The van der Waals surface area contributed by atoms with Gasteiger partial charge in [0.05, 0.1) is 47.5 Å². The first-order valence-corrected chi connectivity index (χ1v) is 14.4. The van der Waals surface area contributed by atoms with E-state index in [2.05, 4.69) is 43.5 Å². The Morgan fingerprint density at radius 1 is 1.00 bits per heavy atom. The molecule has 1 aliphatic heterocycles. The molecular weight excluding hydrogens is 512 g/mol. The van der Waals surface area contributed by atoms with Crippen LogP contribution in [-0.4, -0.2) is 47.7 Å². The number of carbonyl (C=O) groups is 1. The summed E-state index contributed by atoms with van der Waals surface area (Å²) in [5.41, 5.74) is 9.31. The number of rotatable bonds is 5. The molecule has 9 heteroatoms. The number of hydrogen-bond acceptors (Lipinski definition) is 6. The summed E-state index contributed by atoms with van der Waals surface area (Å²) < 4.78 is 1.95. The number of nitrogens with zero attached hydrogens (tertiary/aromatic N) is 6. The Labute approximate surface area is 238 Å². The van der Waals surface area contributed by atoms with Gasteiger partial charge in [0.15, 0.2) is 5.82 Å². The van der Waals surface area contributed by atoms with Gasteiger partial charge in [-0.15, -0.1) is 0 Å². The number of benzene rings is 1. The number of pyridine rings is 2. The second kappa shape index (κ2) is 10.7. The molecule has 9 nitrogen and oxygen atoms in total. The van der Waals surface area contributed by atoms with Crippen molar-refractivity contribution < 1.29 is 4.79 Å². The van der Waals surface area contributed by atoms with E-state index in [1.807, 2.05) is 36.1 Å². The van der Waals surface area contributed by atoms with Gasteiger partial charge in [0.1, 0.15) is 11.2 Å². The topological polar surface area (TPSA) is 114 Å². The van der Waals surface area contributed by atoms with Gasteiger partial charge in [-0.1, -0.05) is 31.4 Å². The number of H-pyrrole nitrogens is 1. The van der Waals surface area contributed by atoms with Crippen LogP contribution in [0.3, 0.4) is 0 Å². The van der Waals surface area contributed by atoms with Gasteiger partial charge >= 0.3 is 0 Å². The Balaban J connectivity index is 1.23. The lowest BCUT2D eigenvalue weighted by Crippen LogP contribution is -2.24. The van der Waals surface area contributed by atoms with Gasteiger partial charge in [0.25, 0.3) is 0 Å². The molecule has 1 fully saturated rings. The summed E-state index contributed by atoms with van der Waals surface area (Å²) in [5.74, 6) is 0.915. The van der Waals surface area contributed by atoms with Crippen LogP contribution in [0.2, 0.25) is 0 Å². The van der Waals surface area contributed by atoms with E-state index in [0.717, 1.165) is 101 Å². The van der Waals surface area contributed by atoms with E-state index in [1.165, 1.54) is 12.0 Å². The summed E-state index contributed by atoms with van der Waals surface area (Å²) in [5, 5.41) is 3.11. The second-order valence-electron chi connectivity index (χ2n) is 11.1. The molecule has 2 aliphatic rings. The fourth-order valence-corrected chi connectivity index (χ4v) is 5.99. The Kier molecular flexibility index (Phi) is 6.62. The monoisotopic (exact) mass is 544 g/mol. The van der Waals surface area contributed by atoms with Crippen molar-refractivity contribution in [2.75, 3.05) is 11.9 Å². The summed E-state index contributed by atoms with van der Waals surface area (Å²) in [7, 11) is 0. The standard InChI is InChI=1S/C32H32N8O/c1-20-18-40(19-36-20)28-17-34-16-27-30(28)39-31(38-27)29-26-13-23(10-9-21(26)8-5-11-35-29)24-12-25(15-33-14-24)37-32(41)22-6-3-2-4-7-22/h9-10,12-19,22H,2-8,11H2,1H3,(H,37,41)(H,38,39). The molecule has 0 bridgehead atoms. The van der Waals surface area contributed by atoms with Crippen molar-refractivity contribution in [2.24, 2.45) is 10.9 Å². The van der Waals surface area contributed by atoms with Crippen molar-refractivity contribution in [2.45, 2.75) is 51.9 Å². The summed E-state index contributed by atoms with van der Waals surface area (Å²) >= 11 is 0. The molecule has 41 heavy (non-hydrogen) atoms. The number of carbonyl (C=O) groups excluding carboxylic acids is 1. The predicted molar refractivity (Wildman–Crippen MR) is 159 cm³/mol. The first-order valence-electron chi connectivity index (χ1n) is 14.4. The van der Waals surface area contributed by atoms with Gasteiger partial charge in [-0.25, -0.2) is 9.97 Å². The lowest BCUT2D eigenvalue weighted by Gasteiger charge is -2.20. The van der Waals surface area contributed by atoms with E-state index in [-0.39, 0.29) is 11.8 Å². The lowest BCUT2D eigenvalue weighted by molar-refractivity contribution is -0.120. The van der Waals surface area contributed by atoms with E-state index in [1.54, 1.807) is 18.7 Å². The number of hydrogen-bond donors (Lipinski definition) is 2. The van der Waals surface area contributed by atoms with Crippen molar-refractivity contribution in [3.05, 3.63) is 84.2 Å². The van der Waals surface area contributed by atoms with Gasteiger partial charge < -0.3 is 14.9 Å². The molecule has 1 aliphatic carbocycles. The molecule has 0 radical (unpaired) electrons. The maximum Gasteiger partial charge on any atom is 0.227 e. The number of amides is 1. The molecule has 5 heterocycles. The number of nitrogens with one attached hydrogen (secondary N) is 2. The molecule has 0 atom stereocenters. The average molecular weight is 545 g/mol. The van der Waals surface area contributed by atoms with Crippen molar-refractivity contribution in [1.82, 2.24) is 29.5 Å². The van der Waals surface area contributed by atoms with Crippen LogP contribution in [-0.2, 0) is 11.2 Å². The average Bonchev–Trinajstić information content (AvgIpc) is 3.58. The number of imidazole rings is 2. The van der Waals surface area contributed by atoms with Gasteiger partial charge in [0, 0.05) is 36.0 Å². The molecule has 7 rings (SSSR count). The molecule has 0 saturated heterocycles. The zero-order valence-corrected chi connectivity index (χ0v) is 23.1. The zero-order chi connectivity index (χ0) is 27.8. The summed E-state index contributed by atoms with van der Waals surface area (Å²) in [6.07, 6.45) is 18.3. The molecule has 1 amide bonds. The molecule has 0 unspecified atom stereocenters. The molecule has 1 aromatic carbocycles. The van der Waals surface area contributed by atoms with Crippen LogP contribution in [0.25, 0.3) is 27.8 Å². The Morgan fingerprint density at radius 2 is 1.88 bits per heavy atom. The quantitative estimate of drug-likeness (QED) is 0.290. The summed E-state index contributed by atoms with van der Waals surface area (Å²) in [6.45, 7) is 2.69. The lowest BCUT2D eigenvalue weighted by atomic mass is 9.88. The van der Waals surface area contributed by atoms with Crippen molar-refractivity contribution in [3.63, 3.8) is 0 Å². The van der Waals surface area contributed by atoms with Crippen LogP contribution in [0.15, 0.2) is 66.6 Å². The van der Waals surface area contributed by atoms with Crippen molar-refractivity contribution in [3.8, 4) is 16.8 Å². The first kappa shape index (κ1) is 25.3. The van der Waals surface area contributed by atoms with E-state index < -0.39 is 0 Å². The van der Waals surface area contributed by atoms with Crippen LogP contribution < -0.4 is 5.32 Å². The summed E-state index contributed by atoms with van der Waals surface area (Å²) in [6, 6.07) is 8.50. The number of fused-ring (bicyclic) bond motifs is 2. The second-order valence-corrected chi connectivity index (χ2v) is 11.1. The first-order chi connectivity index (χ1) is 20.1. The molecular formula is C32H32N8O. The Hall–Kier alpha value is -4.66. The minimum atomic E-state index is 0.0935. The molecule has 5 aromatic rings. The van der Waals surface area contributed by atoms with E-state index in [4.69, 9.17) is 9.98 Å². The number of aliphatic imine (C=N–C) groups is 1. The van der Waals surface area contributed by atoms with Gasteiger partial charge in [0.2, 0.25) is 5.91 Å². The third-order valence-electron chi connectivity index (χ3n) is 8.14. The zero-order valence-electron chi connectivity index (χ0n) is 23.1. The van der Waals surface area contributed by atoms with Crippen LogP contribution in [0, 0.1) is 12.8 Å². The van der Waals surface area contributed by atoms with E-state index >= 15 is 0 Å². The van der Waals surface area contributed by atoms with E-state index in [0.29, 0.717) is 0 Å². The van der Waals surface area contributed by atoms with Gasteiger partial charge in [-0.3, -0.25) is 19.8 Å². The number of aryl methyl sites for hydroxylation is 2. The summed E-state index contributed by atoms with van der Waals surface area (Å²) in [4.78, 5) is 39.6. The van der Waals surface area contributed by atoms with Gasteiger partial charge in [-0.05, 0) is 55.9 Å². The third-order valence-corrected chi connectivity index (χ3v) is 8.14. The molecule has 1 saturated carbocycles. The highest BCUT2D eigenvalue weighted by Gasteiger charge is 2.22. The number of aromatic nitrogens is 6. The Bertz CT molecular complexity index is 1780. The Morgan fingerprint density at radius 3 is 2.73 bits per heavy atom. The van der Waals surface area contributed by atoms with Crippen LogP contribution in [0.1, 0.15) is 61.2 Å². The minimum absolute atomic E-state index is 0.0935. The number of anilines is 1. The third kappa shape index (κ3) is 5.03. The normalized spacial score (nSPS) is 15.8. The van der Waals surface area contributed by atoms with Crippen molar-refractivity contribution in [1.29, 1.82) is 0 Å². The molecule has 206 valence electrons. The minimum Gasteiger partial charge on any atom is -0.335 e. The fraction of sp³-hybridized carbons (Fsp3) is 0.312. The largest absolute Gasteiger partial charge is 0.335 e. The van der Waals surface area contributed by atoms with Gasteiger partial charge in [-0.2, -0.15) is 0 Å². The maximum atomic E-state index is 12.9. The molecule has 0 spiro atoms. The highest BCUT2D eigenvalue weighted by molar-refractivity contribution is 6.13. The predicted octanol–water partition coefficient (Wildman–Crippen LogP) is 5.82. The van der Waals surface area contributed by atoms with E-state index in [9.17, 15) is 4.79 Å². The SMILES string of the molecule is Cc1cn(-c2cncc3[nH]c(C4=NCCCc5ccc(-c6cncc(NC(=O)C7CCCCC7)c6)cc54)nc23)cn1. The van der Waals surface area contributed by atoms with Crippen molar-refractivity contribution >= 4 is 28.3 Å². The van der Waals surface area contributed by atoms with Crippen LogP contribution >= 0.6 is 0 Å². The maximum absolute atomic E-state index is 12.9. The number of aromatic amines is 1. The van der Waals surface area contributed by atoms with Crippen LogP contribution in [0.5, 0.6) is 0 Å². The highest BCUT2D eigenvalue weighted by Crippen LogP contribution is 2.30.